The van der Waals surface area contributed by atoms with Crippen LogP contribution in [-0.2, 0) is 0 Å². The first kappa shape index (κ1) is 7.98. The number of aryl methyl sites for hydroxylation is 2. The fourth-order valence-corrected chi connectivity index (χ4v) is 1.51. The maximum atomic E-state index is 10.8. The third-order valence-electron chi connectivity index (χ3n) is 2.13. The molecule has 0 N–H and O–H groups in total. The smallest absolute Gasteiger partial charge is 0.155 e. The fourth-order valence-electron chi connectivity index (χ4n) is 1.51. The van der Waals surface area contributed by atoms with Crippen molar-refractivity contribution in [2.75, 3.05) is 0 Å². The van der Waals surface area contributed by atoms with Crippen molar-refractivity contribution in [2.45, 2.75) is 13.8 Å². The molecule has 2 aromatic rings. The second kappa shape index (κ2) is 2.69. The molecule has 3 nitrogen and oxygen atoms in total. The van der Waals surface area contributed by atoms with Crippen molar-refractivity contribution in [1.82, 2.24) is 4.98 Å². The van der Waals surface area contributed by atoms with Crippen molar-refractivity contribution in [2.24, 2.45) is 0 Å². The van der Waals surface area contributed by atoms with Gasteiger partial charge in [-0.15, -0.1) is 0 Å². The van der Waals surface area contributed by atoms with Gasteiger partial charge in [0, 0.05) is 16.6 Å². The monoisotopic (exact) mass is 175 g/mol. The summed E-state index contributed by atoms with van der Waals surface area (Å²) < 4.78 is 5.22. The zero-order valence-corrected chi connectivity index (χ0v) is 7.50. The number of aromatic nitrogens is 1. The molecular weight excluding hydrogens is 166 g/mol. The van der Waals surface area contributed by atoms with Gasteiger partial charge in [0.1, 0.15) is 0 Å². The quantitative estimate of drug-likeness (QED) is 0.624. The summed E-state index contributed by atoms with van der Waals surface area (Å²) in [7, 11) is 0. The summed E-state index contributed by atoms with van der Waals surface area (Å²) >= 11 is 0. The summed E-state index contributed by atoms with van der Waals surface area (Å²) in [6.45, 7) is 3.69. The van der Waals surface area contributed by atoms with E-state index >= 15 is 0 Å². The molecule has 2 heterocycles. The van der Waals surface area contributed by atoms with Crippen LogP contribution < -0.4 is 0 Å². The van der Waals surface area contributed by atoms with Crippen LogP contribution in [0.25, 0.3) is 11.0 Å². The molecule has 0 amide bonds. The molecule has 0 atom stereocenters. The Hall–Kier alpha value is -1.64. The summed E-state index contributed by atoms with van der Waals surface area (Å²) in [5.74, 6) is 0. The van der Waals surface area contributed by atoms with Crippen molar-refractivity contribution in [3.63, 3.8) is 0 Å². The van der Waals surface area contributed by atoms with Crippen LogP contribution in [0.4, 0.5) is 0 Å². The number of rotatable bonds is 1. The number of hydrogen-bond donors (Lipinski definition) is 0. The zero-order chi connectivity index (χ0) is 9.42. The molecule has 0 aliphatic carbocycles. The molecule has 66 valence electrons. The van der Waals surface area contributed by atoms with E-state index < -0.39 is 0 Å². The molecule has 0 fully saturated rings. The summed E-state index contributed by atoms with van der Waals surface area (Å²) in [5.41, 5.74) is 2.89. The molecule has 0 aromatic carbocycles. The fraction of sp³-hybridized carbons (Fsp3) is 0.200. The topological polar surface area (TPSA) is 43.1 Å². The van der Waals surface area contributed by atoms with E-state index in [0.29, 0.717) is 11.1 Å². The Kier molecular flexibility index (Phi) is 1.65. The second-order valence-electron chi connectivity index (χ2n) is 2.98. The minimum atomic E-state index is 0.620. The maximum absolute atomic E-state index is 10.8. The lowest BCUT2D eigenvalue weighted by atomic mass is 10.1. The number of fused-ring (bicyclic) bond motifs is 1. The molecule has 0 unspecified atom stereocenters. The first-order valence-corrected chi connectivity index (χ1v) is 4.03. The molecular formula is C10H9NO2. The van der Waals surface area contributed by atoms with Crippen LogP contribution in [0.1, 0.15) is 21.7 Å². The average Bonchev–Trinajstić information content (AvgIpc) is 2.53. The number of carbonyl (C=O) groups is 1. The molecule has 2 rings (SSSR count). The SMILES string of the molecule is Cc1nc(C)c2occc2c1C=O. The lowest BCUT2D eigenvalue weighted by Crippen LogP contribution is -1.94. The van der Waals surface area contributed by atoms with Gasteiger partial charge in [0.05, 0.1) is 12.0 Å². The predicted octanol–water partition coefficient (Wildman–Crippen LogP) is 2.26. The first-order valence-electron chi connectivity index (χ1n) is 4.03. The van der Waals surface area contributed by atoms with Gasteiger partial charge in [0.15, 0.2) is 11.9 Å². The molecule has 13 heavy (non-hydrogen) atoms. The van der Waals surface area contributed by atoms with Crippen molar-refractivity contribution in [3.8, 4) is 0 Å². The molecule has 0 aliphatic heterocycles. The normalized spacial score (nSPS) is 10.6. The van der Waals surface area contributed by atoms with Crippen LogP contribution >= 0.6 is 0 Å². The molecule has 0 saturated carbocycles. The van der Waals surface area contributed by atoms with Crippen LogP contribution in [0.2, 0.25) is 0 Å². The predicted molar refractivity (Wildman–Crippen MR) is 48.9 cm³/mol. The molecule has 0 radical (unpaired) electrons. The summed E-state index contributed by atoms with van der Waals surface area (Å²) in [5, 5.41) is 0.847. The van der Waals surface area contributed by atoms with E-state index in [2.05, 4.69) is 4.98 Å². The largest absolute Gasteiger partial charge is 0.462 e. The highest BCUT2D eigenvalue weighted by atomic mass is 16.3. The van der Waals surface area contributed by atoms with Crippen LogP contribution in [-0.4, -0.2) is 11.3 Å². The lowest BCUT2D eigenvalue weighted by Gasteiger charge is -2.00. The van der Waals surface area contributed by atoms with E-state index in [9.17, 15) is 4.79 Å². The van der Waals surface area contributed by atoms with Gasteiger partial charge in [-0.25, -0.2) is 0 Å². The molecule has 0 spiro atoms. The number of carbonyl (C=O) groups excluding carboxylic acids is 1. The second-order valence-corrected chi connectivity index (χ2v) is 2.98. The maximum Gasteiger partial charge on any atom is 0.155 e. The number of furan rings is 1. The van der Waals surface area contributed by atoms with E-state index in [0.717, 1.165) is 23.1 Å². The third kappa shape index (κ3) is 1.04. The van der Waals surface area contributed by atoms with Crippen LogP contribution in [0.5, 0.6) is 0 Å². The summed E-state index contributed by atoms with van der Waals surface area (Å²) in [4.78, 5) is 15.0. The van der Waals surface area contributed by atoms with E-state index in [1.54, 1.807) is 12.3 Å². The van der Waals surface area contributed by atoms with E-state index in [1.165, 1.54) is 0 Å². The third-order valence-corrected chi connectivity index (χ3v) is 2.13. The van der Waals surface area contributed by atoms with Crippen LogP contribution in [0, 0.1) is 13.8 Å². The van der Waals surface area contributed by atoms with Crippen molar-refractivity contribution >= 4 is 17.3 Å². The highest BCUT2D eigenvalue weighted by Crippen LogP contribution is 2.22. The van der Waals surface area contributed by atoms with Gasteiger partial charge in [0.2, 0.25) is 0 Å². The van der Waals surface area contributed by atoms with Gasteiger partial charge in [-0.1, -0.05) is 0 Å². The number of nitrogens with zero attached hydrogens (tertiary/aromatic N) is 1. The first-order chi connectivity index (χ1) is 6.24. The van der Waals surface area contributed by atoms with Crippen LogP contribution in [0.3, 0.4) is 0 Å². The minimum Gasteiger partial charge on any atom is -0.462 e. The molecule has 0 aliphatic rings. The Morgan fingerprint density at radius 3 is 2.85 bits per heavy atom. The Balaban J connectivity index is 2.96. The van der Waals surface area contributed by atoms with E-state index in [-0.39, 0.29) is 0 Å². The molecule has 2 aromatic heterocycles. The standard InChI is InChI=1S/C10H9NO2/c1-6-9(5-12)8-3-4-13-10(8)7(2)11-6/h3-5H,1-2H3. The Bertz CT molecular complexity index is 471. The number of hydrogen-bond acceptors (Lipinski definition) is 3. The van der Waals surface area contributed by atoms with Gasteiger partial charge < -0.3 is 4.42 Å². The van der Waals surface area contributed by atoms with Gasteiger partial charge in [-0.05, 0) is 19.9 Å². The molecule has 0 saturated heterocycles. The van der Waals surface area contributed by atoms with E-state index in [1.807, 2.05) is 13.8 Å². The highest BCUT2D eigenvalue weighted by Gasteiger charge is 2.10. The zero-order valence-electron chi connectivity index (χ0n) is 7.50. The lowest BCUT2D eigenvalue weighted by molar-refractivity contribution is 0.112. The number of aldehydes is 1. The van der Waals surface area contributed by atoms with Crippen molar-refractivity contribution in [3.05, 3.63) is 29.3 Å². The Labute approximate surface area is 75.4 Å². The van der Waals surface area contributed by atoms with Crippen molar-refractivity contribution < 1.29 is 9.21 Å². The average molecular weight is 175 g/mol. The van der Waals surface area contributed by atoms with Gasteiger partial charge in [0.25, 0.3) is 0 Å². The van der Waals surface area contributed by atoms with Crippen LogP contribution in [0.15, 0.2) is 16.7 Å². The van der Waals surface area contributed by atoms with Gasteiger partial charge >= 0.3 is 0 Å². The summed E-state index contributed by atoms with van der Waals surface area (Å²) in [6.07, 6.45) is 2.39. The minimum absolute atomic E-state index is 0.620. The summed E-state index contributed by atoms with van der Waals surface area (Å²) in [6, 6.07) is 1.79. The van der Waals surface area contributed by atoms with E-state index in [4.69, 9.17) is 4.42 Å². The highest BCUT2D eigenvalue weighted by molar-refractivity contribution is 5.97. The Morgan fingerprint density at radius 2 is 2.15 bits per heavy atom. The van der Waals surface area contributed by atoms with Gasteiger partial charge in [-0.3, -0.25) is 9.78 Å². The molecule has 0 bridgehead atoms. The van der Waals surface area contributed by atoms with Gasteiger partial charge in [-0.2, -0.15) is 0 Å². The van der Waals surface area contributed by atoms with Crippen molar-refractivity contribution in [1.29, 1.82) is 0 Å². The Morgan fingerprint density at radius 1 is 1.38 bits per heavy atom. The number of pyridine rings is 1. The molecule has 3 heteroatoms.